The molecule has 37 heavy (non-hydrogen) atoms. The third-order valence-corrected chi connectivity index (χ3v) is 11.0. The third kappa shape index (κ3) is 2.69. The zero-order valence-electron chi connectivity index (χ0n) is 21.6. The Kier molecular flexibility index (Phi) is 4.56. The molecule has 2 saturated carbocycles. The van der Waals surface area contributed by atoms with E-state index in [-0.39, 0.29) is 17.8 Å². The van der Waals surface area contributed by atoms with Crippen molar-refractivity contribution in [1.82, 2.24) is 4.98 Å². The van der Waals surface area contributed by atoms with Crippen molar-refractivity contribution in [1.29, 1.82) is 0 Å². The molecular weight excluding hydrogens is 494 g/mol. The van der Waals surface area contributed by atoms with Gasteiger partial charge in [0.05, 0.1) is 12.2 Å². The maximum Gasteiger partial charge on any atom is 0.303 e. The molecule has 1 aromatic heterocycles. The summed E-state index contributed by atoms with van der Waals surface area (Å²) in [5.74, 6) is -1.63. The highest BCUT2D eigenvalue weighted by Crippen LogP contribution is 2.71. The Bertz CT molecular complexity index is 1430. The van der Waals surface area contributed by atoms with Crippen molar-refractivity contribution in [2.24, 2.45) is 11.3 Å². The summed E-state index contributed by atoms with van der Waals surface area (Å²) in [7, 11) is 0. The summed E-state index contributed by atoms with van der Waals surface area (Å²) in [4.78, 5) is 28.9. The Morgan fingerprint density at radius 3 is 2.76 bits per heavy atom. The monoisotopic (exact) mass is 525 g/mol. The van der Waals surface area contributed by atoms with Gasteiger partial charge in [0, 0.05) is 51.4 Å². The molecule has 3 fully saturated rings. The standard InChI is InChI=1S/C29H32ClNO6/c1-15(32)36-25(2)14-35-29-10-9-26(3)27(4)16(7-8-28(26,34)22(29)13-21(33)24(25)37-29)11-19-18-6-5-17(30)12-20(18)31-23(19)27/h5-6,12-13,16,24,31,34H,7-11,14H2,1-4H3/t16-,24+,25+,26-,27-,28-,29+/m0/s1. The molecule has 2 N–H and O–H groups in total. The summed E-state index contributed by atoms with van der Waals surface area (Å²) in [5.41, 5.74) is 0.558. The van der Waals surface area contributed by atoms with Gasteiger partial charge in [-0.3, -0.25) is 9.59 Å². The zero-order valence-corrected chi connectivity index (χ0v) is 22.3. The predicted octanol–water partition coefficient (Wildman–Crippen LogP) is 4.52. The molecule has 7 nitrogen and oxygen atoms in total. The number of halogens is 1. The van der Waals surface area contributed by atoms with Crippen molar-refractivity contribution in [3.05, 3.63) is 46.1 Å². The Labute approximate surface area is 220 Å². The fourth-order valence-corrected chi connectivity index (χ4v) is 8.85. The maximum atomic E-state index is 13.5. The van der Waals surface area contributed by atoms with Crippen molar-refractivity contribution >= 4 is 34.3 Å². The smallest absolute Gasteiger partial charge is 0.303 e. The molecule has 5 aliphatic rings. The summed E-state index contributed by atoms with van der Waals surface area (Å²) < 4.78 is 18.2. The minimum absolute atomic E-state index is 0.0277. The highest BCUT2D eigenvalue weighted by atomic mass is 35.5. The van der Waals surface area contributed by atoms with Crippen LogP contribution < -0.4 is 0 Å². The van der Waals surface area contributed by atoms with Crippen LogP contribution in [0.1, 0.15) is 64.6 Å². The summed E-state index contributed by atoms with van der Waals surface area (Å²) in [6.45, 7) is 7.45. The van der Waals surface area contributed by atoms with E-state index >= 15 is 0 Å². The highest BCUT2D eigenvalue weighted by molar-refractivity contribution is 6.31. The van der Waals surface area contributed by atoms with Crippen molar-refractivity contribution in [3.63, 3.8) is 0 Å². The first-order chi connectivity index (χ1) is 17.4. The number of ether oxygens (including phenoxy) is 3. The molecule has 1 aromatic carbocycles. The summed E-state index contributed by atoms with van der Waals surface area (Å²) in [6, 6.07) is 5.98. The van der Waals surface area contributed by atoms with E-state index in [0.717, 1.165) is 18.4 Å². The predicted molar refractivity (Wildman–Crippen MR) is 136 cm³/mol. The van der Waals surface area contributed by atoms with Crippen LogP contribution in [-0.2, 0) is 35.6 Å². The van der Waals surface area contributed by atoms with Crippen molar-refractivity contribution < 1.29 is 28.9 Å². The Morgan fingerprint density at radius 2 is 2.00 bits per heavy atom. The Hall–Kier alpha value is -2.19. The maximum absolute atomic E-state index is 13.5. The van der Waals surface area contributed by atoms with E-state index in [2.05, 4.69) is 24.9 Å². The van der Waals surface area contributed by atoms with Crippen molar-refractivity contribution in [2.45, 2.75) is 88.3 Å². The number of benzene rings is 1. The van der Waals surface area contributed by atoms with Crippen LogP contribution in [-0.4, -0.2) is 51.5 Å². The quantitative estimate of drug-likeness (QED) is 0.531. The van der Waals surface area contributed by atoms with Crippen molar-refractivity contribution in [3.8, 4) is 0 Å². The fourth-order valence-electron chi connectivity index (χ4n) is 8.68. The van der Waals surface area contributed by atoms with Crippen LogP contribution in [0.4, 0.5) is 0 Å². The Balaban J connectivity index is 1.36. The van der Waals surface area contributed by atoms with E-state index in [1.165, 1.54) is 29.6 Å². The minimum atomic E-state index is -1.30. The number of aromatic amines is 1. The third-order valence-electron chi connectivity index (χ3n) is 10.8. The van der Waals surface area contributed by atoms with Crippen LogP contribution in [0, 0.1) is 11.3 Å². The Morgan fingerprint density at radius 1 is 1.22 bits per heavy atom. The molecule has 0 radical (unpaired) electrons. The molecule has 8 heteroatoms. The minimum Gasteiger partial charge on any atom is -0.454 e. The van der Waals surface area contributed by atoms with E-state index in [0.29, 0.717) is 35.8 Å². The molecule has 2 aromatic rings. The van der Waals surface area contributed by atoms with Gasteiger partial charge in [0.15, 0.2) is 23.3 Å². The largest absolute Gasteiger partial charge is 0.454 e. The molecule has 0 unspecified atom stereocenters. The van der Waals surface area contributed by atoms with Gasteiger partial charge >= 0.3 is 5.97 Å². The molecule has 2 bridgehead atoms. The molecule has 196 valence electrons. The van der Waals surface area contributed by atoms with Gasteiger partial charge in [-0.2, -0.15) is 0 Å². The van der Waals surface area contributed by atoms with Crippen LogP contribution >= 0.6 is 11.6 Å². The van der Waals surface area contributed by atoms with Gasteiger partial charge in [-0.1, -0.05) is 31.5 Å². The molecule has 1 spiro atoms. The van der Waals surface area contributed by atoms with Crippen LogP contribution in [0.5, 0.6) is 0 Å². The number of aliphatic hydroxyl groups is 1. The summed E-state index contributed by atoms with van der Waals surface area (Å²) in [6.07, 6.45) is 4.00. The average molecular weight is 526 g/mol. The first-order valence-corrected chi connectivity index (χ1v) is 13.6. The number of hydrogen-bond acceptors (Lipinski definition) is 6. The lowest BCUT2D eigenvalue weighted by Gasteiger charge is -2.67. The number of rotatable bonds is 1. The second kappa shape index (κ2) is 7.06. The van der Waals surface area contributed by atoms with Crippen LogP contribution in [0.15, 0.2) is 29.8 Å². The number of H-pyrrole nitrogens is 1. The average Bonchev–Trinajstić information content (AvgIpc) is 3.33. The normalized spacial score (nSPS) is 43.9. The van der Waals surface area contributed by atoms with E-state index in [9.17, 15) is 14.7 Å². The van der Waals surface area contributed by atoms with Gasteiger partial charge in [-0.25, -0.2) is 0 Å². The topological polar surface area (TPSA) is 97.9 Å². The lowest BCUT2D eigenvalue weighted by atomic mass is 9.42. The van der Waals surface area contributed by atoms with Crippen molar-refractivity contribution in [2.75, 3.05) is 6.61 Å². The van der Waals surface area contributed by atoms with Crippen LogP contribution in [0.3, 0.4) is 0 Å². The number of carbonyl (C=O) groups is 2. The van der Waals surface area contributed by atoms with E-state index in [4.69, 9.17) is 25.8 Å². The molecule has 0 amide bonds. The van der Waals surface area contributed by atoms with Gasteiger partial charge in [0.1, 0.15) is 0 Å². The first kappa shape index (κ1) is 23.9. The number of nitrogens with one attached hydrogen (secondary N) is 1. The SMILES string of the molecule is CC(=O)O[C@]1(C)CO[C@@]23CC[C@]4(C)[C@](O)(CC[C@H]5Cc6c([nH]c7cc(Cl)ccc67)[C@]54C)C2=CC(=O)[C@H]1O3. The van der Waals surface area contributed by atoms with Crippen LogP contribution in [0.2, 0.25) is 5.02 Å². The van der Waals surface area contributed by atoms with Gasteiger partial charge in [-0.15, -0.1) is 0 Å². The fraction of sp³-hybridized carbons (Fsp3) is 0.586. The number of ketones is 1. The molecule has 3 heterocycles. The van der Waals surface area contributed by atoms with E-state index in [1.54, 1.807) is 6.92 Å². The second-order valence-corrected chi connectivity index (χ2v) is 12.8. The number of esters is 1. The number of fused-ring (bicyclic) bond motifs is 9. The first-order valence-electron chi connectivity index (χ1n) is 13.2. The molecular formula is C29H32ClNO6. The van der Waals surface area contributed by atoms with Gasteiger partial charge in [-0.05, 0) is 62.3 Å². The lowest BCUT2D eigenvalue weighted by molar-refractivity contribution is -0.350. The van der Waals surface area contributed by atoms with Gasteiger partial charge in [0.25, 0.3) is 0 Å². The molecule has 7 rings (SSSR count). The summed E-state index contributed by atoms with van der Waals surface area (Å²) in [5, 5.41) is 14.6. The lowest BCUT2D eigenvalue weighted by Crippen LogP contribution is -2.74. The molecule has 2 aliphatic heterocycles. The van der Waals surface area contributed by atoms with Gasteiger partial charge < -0.3 is 24.3 Å². The molecule has 1 saturated heterocycles. The van der Waals surface area contributed by atoms with E-state index in [1.807, 2.05) is 12.1 Å². The second-order valence-electron chi connectivity index (χ2n) is 12.4. The summed E-state index contributed by atoms with van der Waals surface area (Å²) >= 11 is 6.31. The van der Waals surface area contributed by atoms with Gasteiger partial charge in [0.2, 0.25) is 0 Å². The zero-order chi connectivity index (χ0) is 26.2. The molecule has 3 aliphatic carbocycles. The number of hydrogen-bond donors (Lipinski definition) is 2. The number of aromatic nitrogens is 1. The van der Waals surface area contributed by atoms with Crippen LogP contribution in [0.25, 0.3) is 10.9 Å². The van der Waals surface area contributed by atoms with E-state index < -0.39 is 34.5 Å². The number of carbonyl (C=O) groups excluding carboxylic acids is 2. The molecule has 7 atom stereocenters. The highest BCUT2D eigenvalue weighted by Gasteiger charge is 2.74.